The smallest absolute Gasteiger partial charge is 0.252 e. The molecule has 11 heteroatoms. The van der Waals surface area contributed by atoms with Crippen molar-refractivity contribution in [3.8, 4) is 11.1 Å². The number of hydrogen-bond donors (Lipinski definition) is 2. The molecule has 1 aliphatic rings. The molecular weight excluding hydrogens is 468 g/mol. The van der Waals surface area contributed by atoms with Gasteiger partial charge in [0, 0.05) is 56.9 Å². The second-order valence-corrected chi connectivity index (χ2v) is 9.63. The van der Waals surface area contributed by atoms with E-state index in [1.807, 2.05) is 61.1 Å². The predicted molar refractivity (Wildman–Crippen MR) is 142 cm³/mol. The minimum atomic E-state index is -0.125. The highest BCUT2D eigenvalue weighted by atomic mass is 16.1. The highest BCUT2D eigenvalue weighted by Crippen LogP contribution is 2.31. The Balaban J connectivity index is 1.26. The standard InChI is InChI=1S/C26H30N10O/c1-17-22(10-18(12-28-17)26(37)27-6-9-35-7-4-5-8-35)31-25-21-14-30-36-16-19(20-13-29-33(2)15-20)11-23(36)24(21)34(3)32-25/h10-16H,4-9H2,1-3H3,(H,27,37)(H,31,32). The number of carbonyl (C=O) groups excluding carboxylic acids is 1. The van der Waals surface area contributed by atoms with Crippen LogP contribution in [0.4, 0.5) is 11.5 Å². The van der Waals surface area contributed by atoms with E-state index in [0.717, 1.165) is 58.6 Å². The largest absolute Gasteiger partial charge is 0.351 e. The van der Waals surface area contributed by atoms with E-state index < -0.39 is 0 Å². The topological polar surface area (TPSA) is 110 Å². The molecule has 0 aliphatic carbocycles. The van der Waals surface area contributed by atoms with Gasteiger partial charge in [0.1, 0.15) is 0 Å². The van der Waals surface area contributed by atoms with Crippen LogP contribution in [0.1, 0.15) is 28.9 Å². The summed E-state index contributed by atoms with van der Waals surface area (Å²) in [5.41, 5.74) is 5.99. The molecule has 1 aliphatic heterocycles. The number of aryl methyl sites for hydroxylation is 3. The van der Waals surface area contributed by atoms with Gasteiger partial charge in [0.25, 0.3) is 5.91 Å². The van der Waals surface area contributed by atoms with Crippen LogP contribution in [0.25, 0.3) is 27.5 Å². The van der Waals surface area contributed by atoms with Crippen LogP contribution >= 0.6 is 0 Å². The predicted octanol–water partition coefficient (Wildman–Crippen LogP) is 2.89. The molecule has 37 heavy (non-hydrogen) atoms. The fourth-order valence-electron chi connectivity index (χ4n) is 4.98. The van der Waals surface area contributed by atoms with E-state index in [0.29, 0.717) is 17.9 Å². The van der Waals surface area contributed by atoms with Crippen molar-refractivity contribution in [3.63, 3.8) is 0 Å². The fourth-order valence-corrected chi connectivity index (χ4v) is 4.98. The summed E-state index contributed by atoms with van der Waals surface area (Å²) in [6.45, 7) is 5.64. The number of rotatable bonds is 7. The Kier molecular flexibility index (Phi) is 5.84. The summed E-state index contributed by atoms with van der Waals surface area (Å²) >= 11 is 0. The average molecular weight is 499 g/mol. The van der Waals surface area contributed by atoms with Crippen LogP contribution in [0.3, 0.4) is 0 Å². The minimum Gasteiger partial charge on any atom is -0.351 e. The van der Waals surface area contributed by atoms with Crippen LogP contribution in [-0.4, -0.2) is 71.1 Å². The molecule has 0 saturated carbocycles. The zero-order valence-corrected chi connectivity index (χ0v) is 21.3. The van der Waals surface area contributed by atoms with Crippen LogP contribution < -0.4 is 10.6 Å². The van der Waals surface area contributed by atoms with E-state index in [1.165, 1.54) is 12.8 Å². The van der Waals surface area contributed by atoms with Crippen molar-refractivity contribution in [3.05, 3.63) is 54.4 Å². The number of anilines is 2. The minimum absolute atomic E-state index is 0.125. The maximum absolute atomic E-state index is 12.8. The highest BCUT2D eigenvalue weighted by Gasteiger charge is 2.17. The summed E-state index contributed by atoms with van der Waals surface area (Å²) in [7, 11) is 3.82. The molecule has 0 aromatic carbocycles. The number of nitrogens with zero attached hydrogens (tertiary/aromatic N) is 8. The summed E-state index contributed by atoms with van der Waals surface area (Å²) < 4.78 is 5.49. The summed E-state index contributed by atoms with van der Waals surface area (Å²) in [6, 6.07) is 3.93. The van der Waals surface area contributed by atoms with Crippen molar-refractivity contribution in [2.75, 3.05) is 31.5 Å². The molecule has 0 unspecified atom stereocenters. The van der Waals surface area contributed by atoms with Gasteiger partial charge in [-0.2, -0.15) is 15.3 Å². The molecular formula is C26H30N10O. The van der Waals surface area contributed by atoms with Gasteiger partial charge in [0.2, 0.25) is 0 Å². The maximum Gasteiger partial charge on any atom is 0.252 e. The first-order valence-electron chi connectivity index (χ1n) is 12.5. The SMILES string of the molecule is Cc1ncc(C(=O)NCCN2CCCC2)cc1Nc1nn(C)c2c1cnn1cc(-c3cnn(C)c3)cc21. The number of nitrogens with one attached hydrogen (secondary N) is 2. The quantitative estimate of drug-likeness (QED) is 0.355. The van der Waals surface area contributed by atoms with Gasteiger partial charge in [-0.25, -0.2) is 4.52 Å². The van der Waals surface area contributed by atoms with E-state index in [9.17, 15) is 4.79 Å². The molecule has 190 valence electrons. The zero-order valence-electron chi connectivity index (χ0n) is 21.3. The van der Waals surface area contributed by atoms with Crippen LogP contribution in [-0.2, 0) is 14.1 Å². The molecule has 1 amide bonds. The molecule has 6 heterocycles. The monoisotopic (exact) mass is 498 g/mol. The highest BCUT2D eigenvalue weighted by molar-refractivity contribution is 6.01. The molecule has 5 aromatic heterocycles. The summed E-state index contributed by atoms with van der Waals surface area (Å²) in [5.74, 6) is 0.535. The Morgan fingerprint density at radius 2 is 1.86 bits per heavy atom. The number of pyridine rings is 1. The van der Waals surface area contributed by atoms with Crippen molar-refractivity contribution >= 4 is 33.8 Å². The molecule has 1 fully saturated rings. The molecule has 0 bridgehead atoms. The molecule has 1 saturated heterocycles. The Morgan fingerprint density at radius 3 is 2.65 bits per heavy atom. The van der Waals surface area contributed by atoms with Gasteiger partial charge < -0.3 is 15.5 Å². The number of carbonyl (C=O) groups is 1. The van der Waals surface area contributed by atoms with Crippen molar-refractivity contribution in [1.29, 1.82) is 0 Å². The lowest BCUT2D eigenvalue weighted by Gasteiger charge is -2.15. The molecule has 11 nitrogen and oxygen atoms in total. The summed E-state index contributed by atoms with van der Waals surface area (Å²) in [5, 5.41) is 20.9. The second-order valence-electron chi connectivity index (χ2n) is 9.63. The van der Waals surface area contributed by atoms with Crippen molar-refractivity contribution in [2.24, 2.45) is 14.1 Å². The zero-order chi connectivity index (χ0) is 25.5. The van der Waals surface area contributed by atoms with Crippen LogP contribution in [0.5, 0.6) is 0 Å². The van der Waals surface area contributed by atoms with Crippen LogP contribution in [0.15, 0.2) is 43.1 Å². The van der Waals surface area contributed by atoms with Gasteiger partial charge in [-0.15, -0.1) is 0 Å². The third-order valence-electron chi connectivity index (χ3n) is 6.99. The lowest BCUT2D eigenvalue weighted by atomic mass is 10.2. The molecule has 2 N–H and O–H groups in total. The number of hydrogen-bond acceptors (Lipinski definition) is 7. The van der Waals surface area contributed by atoms with Gasteiger partial charge in [0.05, 0.1) is 45.8 Å². The van der Waals surface area contributed by atoms with E-state index >= 15 is 0 Å². The summed E-state index contributed by atoms with van der Waals surface area (Å²) in [6.07, 6.45) is 11.7. The first kappa shape index (κ1) is 23.2. The Labute approximate surface area is 214 Å². The molecule has 0 atom stereocenters. The number of likely N-dealkylation sites (tertiary alicyclic amines) is 1. The first-order valence-corrected chi connectivity index (χ1v) is 12.5. The second kappa shape index (κ2) is 9.32. The average Bonchev–Trinajstić information content (AvgIpc) is 3.67. The number of aromatic nitrogens is 7. The third kappa shape index (κ3) is 4.42. The third-order valence-corrected chi connectivity index (χ3v) is 6.99. The fraction of sp³-hybridized carbons (Fsp3) is 0.346. The Hall–Kier alpha value is -4.25. The van der Waals surface area contributed by atoms with Gasteiger partial charge in [-0.05, 0) is 45.0 Å². The Morgan fingerprint density at radius 1 is 1.03 bits per heavy atom. The summed E-state index contributed by atoms with van der Waals surface area (Å²) in [4.78, 5) is 19.6. The normalized spacial score (nSPS) is 14.1. The van der Waals surface area contributed by atoms with E-state index in [4.69, 9.17) is 5.10 Å². The Bertz CT molecular complexity index is 1600. The molecule has 0 radical (unpaired) electrons. The lowest BCUT2D eigenvalue weighted by molar-refractivity contribution is 0.0949. The molecule has 0 spiro atoms. The van der Waals surface area contributed by atoms with Gasteiger partial charge in [-0.3, -0.25) is 19.1 Å². The first-order chi connectivity index (χ1) is 18.0. The van der Waals surface area contributed by atoms with Crippen molar-refractivity contribution < 1.29 is 4.79 Å². The van der Waals surface area contributed by atoms with E-state index in [-0.39, 0.29) is 5.91 Å². The van der Waals surface area contributed by atoms with E-state index in [1.54, 1.807) is 10.9 Å². The molecule has 5 aromatic rings. The van der Waals surface area contributed by atoms with Gasteiger partial charge in [0.15, 0.2) is 5.82 Å². The lowest BCUT2D eigenvalue weighted by Crippen LogP contribution is -2.33. The maximum atomic E-state index is 12.8. The van der Waals surface area contributed by atoms with Crippen LogP contribution in [0, 0.1) is 6.92 Å². The van der Waals surface area contributed by atoms with Crippen molar-refractivity contribution in [1.82, 2.24) is 44.4 Å². The van der Waals surface area contributed by atoms with E-state index in [2.05, 4.69) is 36.8 Å². The number of amides is 1. The van der Waals surface area contributed by atoms with Gasteiger partial charge in [-0.1, -0.05) is 0 Å². The molecule has 6 rings (SSSR count). The van der Waals surface area contributed by atoms with Crippen LogP contribution in [0.2, 0.25) is 0 Å². The number of fused-ring (bicyclic) bond motifs is 3. The van der Waals surface area contributed by atoms with Gasteiger partial charge >= 0.3 is 0 Å². The van der Waals surface area contributed by atoms with Crippen molar-refractivity contribution in [2.45, 2.75) is 19.8 Å².